The van der Waals surface area contributed by atoms with E-state index >= 15 is 0 Å². The Labute approximate surface area is 135 Å². The van der Waals surface area contributed by atoms with E-state index in [4.69, 9.17) is 14.2 Å². The minimum Gasteiger partial charge on any atom is -0.379 e. The fourth-order valence-corrected chi connectivity index (χ4v) is 5.90. The first-order valence-corrected chi connectivity index (χ1v) is 9.74. The maximum absolute atomic E-state index is 12.9. The summed E-state index contributed by atoms with van der Waals surface area (Å²) in [4.78, 5) is 0. The summed E-state index contributed by atoms with van der Waals surface area (Å²) in [5.41, 5.74) is -0.608. The van der Waals surface area contributed by atoms with Crippen molar-refractivity contribution in [3.8, 4) is 0 Å². The van der Waals surface area contributed by atoms with Crippen molar-refractivity contribution in [3.05, 3.63) is 17.5 Å². The summed E-state index contributed by atoms with van der Waals surface area (Å²) < 4.78 is 44.6. The topological polar surface area (TPSA) is 65.1 Å². The zero-order chi connectivity index (χ0) is 15.6. The quantitative estimate of drug-likeness (QED) is 0.804. The first-order valence-electron chi connectivity index (χ1n) is 7.42. The predicted molar refractivity (Wildman–Crippen MR) is 82.6 cm³/mol. The van der Waals surface area contributed by atoms with E-state index in [1.54, 1.807) is 21.8 Å². The van der Waals surface area contributed by atoms with Crippen molar-refractivity contribution < 1.29 is 22.6 Å². The average Bonchev–Trinajstić information content (AvgIpc) is 3.16. The summed E-state index contributed by atoms with van der Waals surface area (Å²) >= 11 is 1.24. The minimum absolute atomic E-state index is 0.0808. The van der Waals surface area contributed by atoms with Gasteiger partial charge in [-0.2, -0.15) is 4.31 Å². The second kappa shape index (κ2) is 6.54. The number of sulfonamides is 1. The van der Waals surface area contributed by atoms with Crippen LogP contribution < -0.4 is 0 Å². The van der Waals surface area contributed by atoms with Gasteiger partial charge in [0, 0.05) is 13.2 Å². The molecular weight excluding hydrogens is 326 g/mol. The molecule has 0 unspecified atom stereocenters. The SMILES string of the molecule is CCOC[C@@H]1C[C@]2(COCCN2S(=O)(=O)c2cccs2)CO1. The van der Waals surface area contributed by atoms with E-state index in [2.05, 4.69) is 0 Å². The Morgan fingerprint density at radius 3 is 3.09 bits per heavy atom. The molecule has 2 atom stereocenters. The van der Waals surface area contributed by atoms with Crippen molar-refractivity contribution in [2.45, 2.75) is 29.2 Å². The monoisotopic (exact) mass is 347 g/mol. The zero-order valence-corrected chi connectivity index (χ0v) is 14.2. The maximum Gasteiger partial charge on any atom is 0.253 e. The normalized spacial score (nSPS) is 30.1. The Morgan fingerprint density at radius 1 is 1.50 bits per heavy atom. The van der Waals surface area contributed by atoms with E-state index in [1.165, 1.54) is 11.3 Å². The average molecular weight is 347 g/mol. The Hall–Kier alpha value is -0.510. The Morgan fingerprint density at radius 2 is 2.36 bits per heavy atom. The first-order chi connectivity index (χ1) is 10.6. The van der Waals surface area contributed by atoms with Crippen molar-refractivity contribution in [3.63, 3.8) is 0 Å². The summed E-state index contributed by atoms with van der Waals surface area (Å²) in [6.45, 7) is 4.57. The highest BCUT2D eigenvalue weighted by Gasteiger charge is 2.52. The van der Waals surface area contributed by atoms with Gasteiger partial charge in [-0.1, -0.05) is 6.07 Å². The molecule has 2 aliphatic rings. The highest BCUT2D eigenvalue weighted by Crippen LogP contribution is 2.37. The molecule has 0 amide bonds. The molecule has 8 heteroatoms. The van der Waals surface area contributed by atoms with Crippen molar-refractivity contribution in [1.29, 1.82) is 0 Å². The van der Waals surface area contributed by atoms with Crippen molar-refractivity contribution in [2.24, 2.45) is 0 Å². The fourth-order valence-electron chi connectivity index (χ4n) is 3.06. The van der Waals surface area contributed by atoms with E-state index in [0.29, 0.717) is 50.2 Å². The standard InChI is InChI=1S/C14H21NO5S2/c1-2-18-9-12-8-14(11-20-12)10-19-6-5-15(14)22(16,17)13-4-3-7-21-13/h3-4,7,12H,2,5-6,8-11H2,1H3/t12-,14-/m0/s1. The summed E-state index contributed by atoms with van der Waals surface area (Å²) in [5, 5.41) is 1.78. The lowest BCUT2D eigenvalue weighted by atomic mass is 9.96. The predicted octanol–water partition coefficient (Wildman–Crippen LogP) is 1.33. The third-order valence-electron chi connectivity index (χ3n) is 4.08. The lowest BCUT2D eigenvalue weighted by Crippen LogP contribution is -2.59. The van der Waals surface area contributed by atoms with Crippen LogP contribution >= 0.6 is 11.3 Å². The summed E-state index contributed by atoms with van der Waals surface area (Å²) in [6, 6.07) is 3.41. The highest BCUT2D eigenvalue weighted by molar-refractivity contribution is 7.91. The molecule has 2 fully saturated rings. The highest BCUT2D eigenvalue weighted by atomic mass is 32.2. The lowest BCUT2D eigenvalue weighted by molar-refractivity contribution is -0.0314. The molecule has 0 aromatic carbocycles. The molecule has 2 aliphatic heterocycles. The molecule has 22 heavy (non-hydrogen) atoms. The molecule has 124 valence electrons. The second-order valence-electron chi connectivity index (χ2n) is 5.58. The van der Waals surface area contributed by atoms with Crippen LogP contribution in [0.5, 0.6) is 0 Å². The summed E-state index contributed by atoms with van der Waals surface area (Å²) in [5.74, 6) is 0. The Balaban J connectivity index is 1.83. The van der Waals surface area contributed by atoms with Gasteiger partial charge in [0.1, 0.15) is 4.21 Å². The maximum atomic E-state index is 12.9. The molecule has 1 aromatic rings. The van der Waals surface area contributed by atoms with Crippen LogP contribution in [-0.2, 0) is 24.2 Å². The van der Waals surface area contributed by atoms with Gasteiger partial charge >= 0.3 is 0 Å². The molecule has 0 N–H and O–H groups in total. The van der Waals surface area contributed by atoms with Crippen molar-refractivity contribution in [1.82, 2.24) is 4.31 Å². The van der Waals surface area contributed by atoms with Gasteiger partial charge < -0.3 is 14.2 Å². The number of hydrogen-bond donors (Lipinski definition) is 0. The second-order valence-corrected chi connectivity index (χ2v) is 8.62. The van der Waals surface area contributed by atoms with Gasteiger partial charge in [0.15, 0.2) is 0 Å². The number of morpholine rings is 1. The fraction of sp³-hybridized carbons (Fsp3) is 0.714. The van der Waals surface area contributed by atoms with E-state index < -0.39 is 15.6 Å². The van der Waals surface area contributed by atoms with Crippen LogP contribution in [0.1, 0.15) is 13.3 Å². The number of ether oxygens (including phenoxy) is 3. The van der Waals surface area contributed by atoms with Gasteiger partial charge in [-0.3, -0.25) is 0 Å². The van der Waals surface area contributed by atoms with Crippen molar-refractivity contribution >= 4 is 21.4 Å². The molecule has 0 bridgehead atoms. The van der Waals surface area contributed by atoms with E-state index in [1.807, 2.05) is 6.92 Å². The molecule has 1 spiro atoms. The molecular formula is C14H21NO5S2. The molecule has 6 nitrogen and oxygen atoms in total. The van der Waals surface area contributed by atoms with Gasteiger partial charge in [-0.15, -0.1) is 11.3 Å². The third kappa shape index (κ3) is 2.95. The molecule has 0 saturated carbocycles. The van der Waals surface area contributed by atoms with E-state index in [9.17, 15) is 8.42 Å². The van der Waals surface area contributed by atoms with Crippen LogP contribution in [0.4, 0.5) is 0 Å². The molecule has 0 aliphatic carbocycles. The van der Waals surface area contributed by atoms with Gasteiger partial charge in [0.25, 0.3) is 10.0 Å². The van der Waals surface area contributed by atoms with Gasteiger partial charge in [-0.05, 0) is 24.8 Å². The van der Waals surface area contributed by atoms with Crippen LogP contribution in [0.3, 0.4) is 0 Å². The lowest BCUT2D eigenvalue weighted by Gasteiger charge is -2.42. The Kier molecular flexibility index (Phi) is 4.86. The Bertz CT molecular complexity index is 588. The van der Waals surface area contributed by atoms with Gasteiger partial charge in [0.05, 0.1) is 38.1 Å². The first kappa shape index (κ1) is 16.4. The number of rotatable bonds is 5. The zero-order valence-electron chi connectivity index (χ0n) is 12.6. The van der Waals surface area contributed by atoms with Crippen LogP contribution in [-0.4, -0.2) is 63.9 Å². The number of thiophene rings is 1. The molecule has 1 aromatic heterocycles. The molecule has 2 saturated heterocycles. The third-order valence-corrected chi connectivity index (χ3v) is 7.46. The van der Waals surface area contributed by atoms with Gasteiger partial charge in [0.2, 0.25) is 0 Å². The van der Waals surface area contributed by atoms with Crippen LogP contribution in [0, 0.1) is 0 Å². The largest absolute Gasteiger partial charge is 0.379 e. The van der Waals surface area contributed by atoms with Crippen molar-refractivity contribution in [2.75, 3.05) is 39.6 Å². The minimum atomic E-state index is -3.50. The van der Waals surface area contributed by atoms with Crippen LogP contribution in [0.25, 0.3) is 0 Å². The van der Waals surface area contributed by atoms with Crippen LogP contribution in [0.15, 0.2) is 21.7 Å². The smallest absolute Gasteiger partial charge is 0.253 e. The summed E-state index contributed by atoms with van der Waals surface area (Å²) in [6.07, 6.45) is 0.528. The number of nitrogens with zero attached hydrogens (tertiary/aromatic N) is 1. The van der Waals surface area contributed by atoms with Crippen LogP contribution in [0.2, 0.25) is 0 Å². The van der Waals surface area contributed by atoms with E-state index in [0.717, 1.165) is 0 Å². The van der Waals surface area contributed by atoms with Gasteiger partial charge in [-0.25, -0.2) is 8.42 Å². The molecule has 3 rings (SSSR count). The molecule has 3 heterocycles. The van der Waals surface area contributed by atoms with E-state index in [-0.39, 0.29) is 6.10 Å². The molecule has 0 radical (unpaired) electrons. The summed E-state index contributed by atoms with van der Waals surface area (Å²) in [7, 11) is -3.50. The number of hydrogen-bond acceptors (Lipinski definition) is 6.